The van der Waals surface area contributed by atoms with Crippen LogP contribution in [0.3, 0.4) is 0 Å². The van der Waals surface area contributed by atoms with Crippen LogP contribution in [0.5, 0.6) is 0 Å². The molecule has 0 spiro atoms. The summed E-state index contributed by atoms with van der Waals surface area (Å²) in [6, 6.07) is 5.72. The lowest BCUT2D eigenvalue weighted by Gasteiger charge is -1.99. The van der Waals surface area contributed by atoms with E-state index >= 15 is 0 Å². The number of nitrogens with zero attached hydrogens (tertiary/aromatic N) is 3. The first-order valence-electron chi connectivity index (χ1n) is 6.01. The van der Waals surface area contributed by atoms with Gasteiger partial charge in [-0.2, -0.15) is 5.10 Å². The fourth-order valence-electron chi connectivity index (χ4n) is 1.97. The molecule has 1 aromatic carbocycles. The average molecular weight is 293 g/mol. The van der Waals surface area contributed by atoms with Gasteiger partial charge in [0, 0.05) is 18.3 Å². The molecule has 0 bridgehead atoms. The van der Waals surface area contributed by atoms with Crippen LogP contribution in [0.15, 0.2) is 24.4 Å². The highest BCUT2D eigenvalue weighted by Gasteiger charge is 2.09. The quantitative estimate of drug-likeness (QED) is 0.794. The van der Waals surface area contributed by atoms with Gasteiger partial charge in [0.25, 0.3) is 0 Å². The molecule has 0 fully saturated rings. The van der Waals surface area contributed by atoms with Crippen molar-refractivity contribution in [1.82, 2.24) is 14.8 Å². The molecule has 2 aromatic heterocycles. The van der Waals surface area contributed by atoms with Crippen LogP contribution in [0, 0.1) is 0 Å². The van der Waals surface area contributed by atoms with Crippen LogP contribution in [0.25, 0.3) is 10.2 Å². The zero-order valence-electron chi connectivity index (χ0n) is 10.6. The van der Waals surface area contributed by atoms with E-state index in [-0.39, 0.29) is 0 Å². The Morgan fingerprint density at radius 2 is 2.26 bits per heavy atom. The van der Waals surface area contributed by atoms with E-state index < -0.39 is 0 Å². The van der Waals surface area contributed by atoms with Crippen molar-refractivity contribution in [2.75, 3.05) is 5.32 Å². The molecule has 0 atom stereocenters. The van der Waals surface area contributed by atoms with Gasteiger partial charge in [0.1, 0.15) is 0 Å². The van der Waals surface area contributed by atoms with Crippen LogP contribution in [-0.4, -0.2) is 14.8 Å². The predicted molar refractivity (Wildman–Crippen MR) is 80.5 cm³/mol. The van der Waals surface area contributed by atoms with Crippen molar-refractivity contribution in [2.45, 2.75) is 13.3 Å². The molecule has 4 nitrogen and oxygen atoms in total. The van der Waals surface area contributed by atoms with Crippen molar-refractivity contribution < 1.29 is 0 Å². The van der Waals surface area contributed by atoms with Crippen LogP contribution in [0.2, 0.25) is 5.02 Å². The highest BCUT2D eigenvalue weighted by molar-refractivity contribution is 7.22. The summed E-state index contributed by atoms with van der Waals surface area (Å²) in [6.07, 6.45) is 2.86. The number of hydrogen-bond acceptors (Lipinski definition) is 4. The normalized spacial score (nSPS) is 11.1. The second-order valence-electron chi connectivity index (χ2n) is 4.27. The van der Waals surface area contributed by atoms with Crippen molar-refractivity contribution in [1.29, 1.82) is 0 Å². The monoisotopic (exact) mass is 292 g/mol. The van der Waals surface area contributed by atoms with Gasteiger partial charge in [0.05, 0.1) is 21.6 Å². The fraction of sp³-hybridized carbons (Fsp3) is 0.231. The maximum Gasteiger partial charge on any atom is 0.188 e. The second kappa shape index (κ2) is 4.83. The third kappa shape index (κ3) is 2.43. The van der Waals surface area contributed by atoms with Crippen molar-refractivity contribution in [3.63, 3.8) is 0 Å². The SMILES string of the molecule is CCc1nn(C)cc1Nc1nc2ccc(Cl)cc2s1. The van der Waals surface area contributed by atoms with Crippen molar-refractivity contribution in [3.8, 4) is 0 Å². The summed E-state index contributed by atoms with van der Waals surface area (Å²) in [6.45, 7) is 2.09. The van der Waals surface area contributed by atoms with Gasteiger partial charge in [-0.1, -0.05) is 29.9 Å². The summed E-state index contributed by atoms with van der Waals surface area (Å²) in [5.41, 5.74) is 3.01. The van der Waals surface area contributed by atoms with E-state index in [1.165, 1.54) is 0 Å². The molecule has 0 aliphatic rings. The van der Waals surface area contributed by atoms with Crippen LogP contribution >= 0.6 is 22.9 Å². The van der Waals surface area contributed by atoms with E-state index in [9.17, 15) is 0 Å². The molecule has 0 aliphatic carbocycles. The van der Waals surface area contributed by atoms with Gasteiger partial charge in [-0.05, 0) is 24.6 Å². The minimum absolute atomic E-state index is 0.735. The Labute approximate surface area is 120 Å². The van der Waals surface area contributed by atoms with Gasteiger partial charge in [-0.15, -0.1) is 0 Å². The number of hydrogen-bond donors (Lipinski definition) is 1. The Kier molecular flexibility index (Phi) is 3.16. The Morgan fingerprint density at radius 3 is 3.05 bits per heavy atom. The Morgan fingerprint density at radius 1 is 1.42 bits per heavy atom. The Hall–Kier alpha value is -1.59. The summed E-state index contributed by atoms with van der Waals surface area (Å²) >= 11 is 7.58. The Bertz CT molecular complexity index is 731. The van der Waals surface area contributed by atoms with Crippen LogP contribution in [0.4, 0.5) is 10.8 Å². The Balaban J connectivity index is 1.96. The highest BCUT2D eigenvalue weighted by Crippen LogP contribution is 2.30. The maximum atomic E-state index is 5.98. The lowest BCUT2D eigenvalue weighted by molar-refractivity contribution is 0.746. The smallest absolute Gasteiger partial charge is 0.188 e. The van der Waals surface area contributed by atoms with E-state index in [1.54, 1.807) is 11.3 Å². The number of aryl methyl sites for hydroxylation is 2. The minimum Gasteiger partial charge on any atom is -0.329 e. The number of thiazole rings is 1. The van der Waals surface area contributed by atoms with Gasteiger partial charge in [0.2, 0.25) is 0 Å². The number of rotatable bonds is 3. The van der Waals surface area contributed by atoms with Crippen molar-refractivity contribution >= 4 is 44.0 Å². The number of anilines is 2. The molecule has 0 saturated carbocycles. The lowest BCUT2D eigenvalue weighted by Crippen LogP contribution is -1.92. The first-order valence-corrected chi connectivity index (χ1v) is 7.21. The molecule has 0 radical (unpaired) electrons. The van der Waals surface area contributed by atoms with E-state index in [0.717, 1.165) is 38.2 Å². The number of fused-ring (bicyclic) bond motifs is 1. The topological polar surface area (TPSA) is 42.7 Å². The third-order valence-electron chi connectivity index (χ3n) is 2.83. The minimum atomic E-state index is 0.735. The van der Waals surface area contributed by atoms with E-state index in [2.05, 4.69) is 22.3 Å². The molecular weight excluding hydrogens is 280 g/mol. The predicted octanol–water partition coefficient (Wildman–Crippen LogP) is 3.99. The van der Waals surface area contributed by atoms with E-state index in [4.69, 9.17) is 11.6 Å². The summed E-state index contributed by atoms with van der Waals surface area (Å²) in [5.74, 6) is 0. The number of aromatic nitrogens is 3. The van der Waals surface area contributed by atoms with Crippen LogP contribution < -0.4 is 5.32 Å². The molecule has 1 N–H and O–H groups in total. The number of benzene rings is 1. The lowest BCUT2D eigenvalue weighted by atomic mass is 10.3. The zero-order chi connectivity index (χ0) is 13.4. The standard InChI is InChI=1S/C13H13ClN4S/c1-3-9-11(7-18(2)17-9)16-13-15-10-5-4-8(14)6-12(10)19-13/h4-7H,3H2,1-2H3,(H,15,16). The molecule has 3 aromatic rings. The van der Waals surface area contributed by atoms with Crippen LogP contribution in [-0.2, 0) is 13.5 Å². The number of halogens is 1. The van der Waals surface area contributed by atoms with Crippen LogP contribution in [0.1, 0.15) is 12.6 Å². The van der Waals surface area contributed by atoms with E-state index in [1.807, 2.05) is 36.1 Å². The first kappa shape index (κ1) is 12.4. The van der Waals surface area contributed by atoms with Gasteiger partial charge in [-0.3, -0.25) is 4.68 Å². The fourth-order valence-corrected chi connectivity index (χ4v) is 3.12. The van der Waals surface area contributed by atoms with Gasteiger partial charge < -0.3 is 5.32 Å². The molecule has 0 saturated heterocycles. The van der Waals surface area contributed by atoms with E-state index in [0.29, 0.717) is 0 Å². The summed E-state index contributed by atoms with van der Waals surface area (Å²) < 4.78 is 2.89. The van der Waals surface area contributed by atoms with Crippen molar-refractivity contribution in [3.05, 3.63) is 35.1 Å². The molecule has 0 unspecified atom stereocenters. The van der Waals surface area contributed by atoms with Gasteiger partial charge in [0.15, 0.2) is 5.13 Å². The average Bonchev–Trinajstić information content (AvgIpc) is 2.92. The maximum absolute atomic E-state index is 5.98. The molecule has 3 rings (SSSR count). The molecule has 2 heterocycles. The number of nitrogens with one attached hydrogen (secondary N) is 1. The zero-order valence-corrected chi connectivity index (χ0v) is 12.2. The summed E-state index contributed by atoms with van der Waals surface area (Å²) in [7, 11) is 1.92. The summed E-state index contributed by atoms with van der Waals surface area (Å²) in [4.78, 5) is 4.55. The first-order chi connectivity index (χ1) is 9.15. The van der Waals surface area contributed by atoms with Gasteiger partial charge >= 0.3 is 0 Å². The van der Waals surface area contributed by atoms with Crippen molar-refractivity contribution in [2.24, 2.45) is 7.05 Å². The largest absolute Gasteiger partial charge is 0.329 e. The molecule has 98 valence electrons. The highest BCUT2D eigenvalue weighted by atomic mass is 35.5. The third-order valence-corrected chi connectivity index (χ3v) is 4.00. The second-order valence-corrected chi connectivity index (χ2v) is 5.74. The molecule has 6 heteroatoms. The molecule has 0 aliphatic heterocycles. The summed E-state index contributed by atoms with van der Waals surface area (Å²) in [5, 5.41) is 9.33. The molecule has 19 heavy (non-hydrogen) atoms. The van der Waals surface area contributed by atoms with Gasteiger partial charge in [-0.25, -0.2) is 4.98 Å². The molecule has 0 amide bonds. The molecular formula is C13H13ClN4S.